The van der Waals surface area contributed by atoms with Crippen molar-refractivity contribution in [3.63, 3.8) is 0 Å². The summed E-state index contributed by atoms with van der Waals surface area (Å²) < 4.78 is 0. The van der Waals surface area contributed by atoms with Crippen molar-refractivity contribution < 1.29 is 9.59 Å². The Morgan fingerprint density at radius 1 is 0.963 bits per heavy atom. The molecular formula is C23H24Cl2O2. The van der Waals surface area contributed by atoms with Crippen molar-refractivity contribution in [1.82, 2.24) is 0 Å². The van der Waals surface area contributed by atoms with Crippen LogP contribution in [0.5, 0.6) is 0 Å². The molecular weight excluding hydrogens is 379 g/mol. The minimum absolute atomic E-state index is 0.0570. The molecule has 2 nitrogen and oxygen atoms in total. The molecule has 0 aliphatic heterocycles. The van der Waals surface area contributed by atoms with E-state index >= 15 is 0 Å². The summed E-state index contributed by atoms with van der Waals surface area (Å²) in [6, 6.07) is 14.8. The molecule has 2 aromatic rings. The molecule has 1 fully saturated rings. The SMILES string of the molecule is O=C(CC(c1ccc(Cl)c(Cl)c1)C1CCCCCCC1=O)c1ccccc1. The van der Waals surface area contributed by atoms with Gasteiger partial charge in [0.25, 0.3) is 0 Å². The first-order valence-corrected chi connectivity index (χ1v) is 10.4. The standard InChI is InChI=1S/C23H24Cl2O2/c24-20-13-12-17(14-21(20)25)19(15-23(27)16-8-4-3-5-9-16)18-10-6-1-2-7-11-22(18)26/h3-5,8-9,12-14,18-19H,1-2,6-7,10-11,15H2. The van der Waals surface area contributed by atoms with Crippen LogP contribution in [0.15, 0.2) is 48.5 Å². The van der Waals surface area contributed by atoms with Crippen LogP contribution in [-0.4, -0.2) is 11.6 Å². The van der Waals surface area contributed by atoms with Gasteiger partial charge in [-0.3, -0.25) is 9.59 Å². The van der Waals surface area contributed by atoms with Gasteiger partial charge in [0.05, 0.1) is 10.0 Å². The van der Waals surface area contributed by atoms with E-state index in [1.807, 2.05) is 42.5 Å². The van der Waals surface area contributed by atoms with E-state index in [1.165, 1.54) is 0 Å². The Morgan fingerprint density at radius 3 is 2.44 bits per heavy atom. The lowest BCUT2D eigenvalue weighted by atomic mass is 9.75. The van der Waals surface area contributed by atoms with Crippen LogP contribution in [0.2, 0.25) is 10.0 Å². The van der Waals surface area contributed by atoms with Crippen LogP contribution < -0.4 is 0 Å². The molecule has 142 valence electrons. The van der Waals surface area contributed by atoms with Crippen LogP contribution in [0.1, 0.15) is 66.8 Å². The number of carbonyl (C=O) groups is 2. The summed E-state index contributed by atoms with van der Waals surface area (Å²) in [5, 5.41) is 0.946. The van der Waals surface area contributed by atoms with E-state index in [0.717, 1.165) is 37.7 Å². The van der Waals surface area contributed by atoms with Crippen LogP contribution in [-0.2, 0) is 4.79 Å². The summed E-state index contributed by atoms with van der Waals surface area (Å²) in [6.07, 6.45) is 5.94. The first-order chi connectivity index (χ1) is 13.1. The summed E-state index contributed by atoms with van der Waals surface area (Å²) in [5.74, 6) is 0.0152. The summed E-state index contributed by atoms with van der Waals surface area (Å²) in [4.78, 5) is 25.8. The van der Waals surface area contributed by atoms with Crippen LogP contribution in [0.4, 0.5) is 0 Å². The van der Waals surface area contributed by atoms with Gasteiger partial charge in [-0.25, -0.2) is 0 Å². The third kappa shape index (κ3) is 5.21. The maximum atomic E-state index is 12.9. The zero-order valence-electron chi connectivity index (χ0n) is 15.3. The van der Waals surface area contributed by atoms with Gasteiger partial charge in [-0.05, 0) is 30.5 Å². The Morgan fingerprint density at radius 2 is 1.70 bits per heavy atom. The maximum absolute atomic E-state index is 12.9. The molecule has 0 N–H and O–H groups in total. The molecule has 2 unspecified atom stereocenters. The molecule has 0 heterocycles. The highest BCUT2D eigenvalue weighted by Gasteiger charge is 2.31. The van der Waals surface area contributed by atoms with Crippen LogP contribution in [0.3, 0.4) is 0 Å². The van der Waals surface area contributed by atoms with Gasteiger partial charge in [0.2, 0.25) is 0 Å². The van der Waals surface area contributed by atoms with Crippen LogP contribution in [0.25, 0.3) is 0 Å². The molecule has 4 heteroatoms. The molecule has 1 aliphatic carbocycles. The van der Waals surface area contributed by atoms with E-state index in [-0.39, 0.29) is 23.4 Å². The summed E-state index contributed by atoms with van der Waals surface area (Å²) in [7, 11) is 0. The molecule has 0 radical (unpaired) electrons. The van der Waals surface area contributed by atoms with Crippen molar-refractivity contribution >= 4 is 34.8 Å². The lowest BCUT2D eigenvalue weighted by molar-refractivity contribution is -0.124. The largest absolute Gasteiger partial charge is 0.299 e. The highest BCUT2D eigenvalue weighted by atomic mass is 35.5. The summed E-state index contributed by atoms with van der Waals surface area (Å²) in [5.41, 5.74) is 1.61. The Hall–Kier alpha value is -1.64. The van der Waals surface area contributed by atoms with E-state index in [0.29, 0.717) is 28.5 Å². The molecule has 0 saturated heterocycles. The van der Waals surface area contributed by atoms with Crippen molar-refractivity contribution in [3.05, 3.63) is 69.7 Å². The lowest BCUT2D eigenvalue weighted by Gasteiger charge is -2.28. The topological polar surface area (TPSA) is 34.1 Å². The van der Waals surface area contributed by atoms with Crippen molar-refractivity contribution in [3.8, 4) is 0 Å². The van der Waals surface area contributed by atoms with Gasteiger partial charge >= 0.3 is 0 Å². The number of Topliss-reactive ketones (excluding diaryl/α,β-unsaturated/α-hetero) is 2. The molecule has 1 aliphatic rings. The van der Waals surface area contributed by atoms with E-state index in [4.69, 9.17) is 23.2 Å². The number of carbonyl (C=O) groups excluding carboxylic acids is 2. The number of halogens is 2. The molecule has 1 saturated carbocycles. The Bertz CT molecular complexity index is 801. The smallest absolute Gasteiger partial charge is 0.163 e. The van der Waals surface area contributed by atoms with Crippen molar-refractivity contribution in [1.29, 1.82) is 0 Å². The van der Waals surface area contributed by atoms with Crippen LogP contribution >= 0.6 is 23.2 Å². The molecule has 0 aromatic heterocycles. The number of ketones is 2. The Labute approximate surface area is 170 Å². The Balaban J connectivity index is 1.93. The maximum Gasteiger partial charge on any atom is 0.163 e. The Kier molecular flexibility index (Phi) is 7.09. The second-order valence-electron chi connectivity index (χ2n) is 7.30. The van der Waals surface area contributed by atoms with Gasteiger partial charge in [0, 0.05) is 30.2 Å². The molecule has 0 bridgehead atoms. The van der Waals surface area contributed by atoms with E-state index < -0.39 is 0 Å². The highest BCUT2D eigenvalue weighted by Crippen LogP contribution is 2.38. The molecule has 3 rings (SSSR count). The zero-order chi connectivity index (χ0) is 19.2. The fraction of sp³-hybridized carbons (Fsp3) is 0.391. The van der Waals surface area contributed by atoms with E-state index in [1.54, 1.807) is 6.07 Å². The lowest BCUT2D eigenvalue weighted by Crippen LogP contribution is -2.26. The first kappa shape index (κ1) is 20.1. The predicted molar refractivity (Wildman–Crippen MR) is 111 cm³/mol. The first-order valence-electron chi connectivity index (χ1n) is 9.62. The van der Waals surface area contributed by atoms with E-state index in [2.05, 4.69) is 0 Å². The third-order valence-electron chi connectivity index (χ3n) is 5.46. The third-order valence-corrected chi connectivity index (χ3v) is 6.20. The van der Waals surface area contributed by atoms with Gasteiger partial charge < -0.3 is 0 Å². The molecule has 2 aromatic carbocycles. The number of hydrogen-bond acceptors (Lipinski definition) is 2. The average Bonchev–Trinajstić information content (AvgIpc) is 2.66. The van der Waals surface area contributed by atoms with Crippen molar-refractivity contribution in [2.75, 3.05) is 0 Å². The molecule has 27 heavy (non-hydrogen) atoms. The van der Waals surface area contributed by atoms with Crippen molar-refractivity contribution in [2.24, 2.45) is 5.92 Å². The molecule has 0 spiro atoms. The van der Waals surface area contributed by atoms with Gasteiger partial charge in [-0.2, -0.15) is 0 Å². The summed E-state index contributed by atoms with van der Waals surface area (Å²) >= 11 is 12.3. The second-order valence-corrected chi connectivity index (χ2v) is 8.11. The number of rotatable bonds is 5. The van der Waals surface area contributed by atoms with Crippen LogP contribution in [0, 0.1) is 5.92 Å². The quantitative estimate of drug-likeness (QED) is 0.510. The van der Waals surface area contributed by atoms with Crippen molar-refractivity contribution in [2.45, 2.75) is 50.9 Å². The zero-order valence-corrected chi connectivity index (χ0v) is 16.8. The second kappa shape index (κ2) is 9.52. The fourth-order valence-electron chi connectivity index (χ4n) is 3.97. The van der Waals surface area contributed by atoms with Gasteiger partial charge in [0.1, 0.15) is 5.78 Å². The van der Waals surface area contributed by atoms with E-state index in [9.17, 15) is 9.59 Å². The highest BCUT2D eigenvalue weighted by molar-refractivity contribution is 6.42. The van der Waals surface area contributed by atoms with Gasteiger partial charge in [0.15, 0.2) is 5.78 Å². The monoisotopic (exact) mass is 402 g/mol. The molecule has 0 amide bonds. The summed E-state index contributed by atoms with van der Waals surface area (Å²) in [6.45, 7) is 0. The average molecular weight is 403 g/mol. The molecule has 2 atom stereocenters. The number of benzene rings is 2. The predicted octanol–water partition coefficient (Wildman–Crippen LogP) is 6.89. The normalized spacial score (nSPS) is 19.2. The minimum atomic E-state index is -0.168. The minimum Gasteiger partial charge on any atom is -0.299 e. The van der Waals surface area contributed by atoms with Gasteiger partial charge in [-0.1, -0.05) is 78.9 Å². The number of hydrogen-bond donors (Lipinski definition) is 0. The van der Waals surface area contributed by atoms with Gasteiger partial charge in [-0.15, -0.1) is 0 Å². The fourth-order valence-corrected chi connectivity index (χ4v) is 4.27.